The fourth-order valence-electron chi connectivity index (χ4n) is 0.402. The van der Waals surface area contributed by atoms with Crippen LogP contribution < -0.4 is 5.73 Å². The van der Waals surface area contributed by atoms with Gasteiger partial charge in [-0.25, -0.2) is 0 Å². The summed E-state index contributed by atoms with van der Waals surface area (Å²) in [5, 5.41) is 16.3. The average molecular weight is 243 g/mol. The second-order valence-electron chi connectivity index (χ2n) is 1.88. The van der Waals surface area contributed by atoms with Crippen molar-refractivity contribution in [3.8, 4) is 0 Å². The largest absolute Gasteiger partial charge is 0.481 e. The summed E-state index contributed by atoms with van der Waals surface area (Å²) in [6.07, 6.45) is -0.224. The number of carbonyl (C=O) groups is 2. The minimum Gasteiger partial charge on any atom is -0.481 e. The summed E-state index contributed by atoms with van der Waals surface area (Å²) in [5.41, 5.74) is 5.00. The van der Waals surface area contributed by atoms with Gasteiger partial charge < -0.3 is 15.9 Å². The van der Waals surface area contributed by atoms with Crippen LogP contribution in [-0.2, 0) is 29.1 Å². The van der Waals surface area contributed by atoms with Gasteiger partial charge in [-0.3, -0.25) is 9.59 Å². The quantitative estimate of drug-likeness (QED) is 0.499. The number of nitrogens with two attached hydrogens (primary N) is 1. The Labute approximate surface area is 93.2 Å². The summed E-state index contributed by atoms with van der Waals surface area (Å²) in [5.74, 6) is -2.20. The van der Waals surface area contributed by atoms with E-state index < -0.39 is 18.0 Å². The Kier molecular flexibility index (Phi) is 13.7. The molecule has 1 atom stereocenters. The van der Waals surface area contributed by atoms with Gasteiger partial charge in [0.25, 0.3) is 0 Å². The Hall–Kier alpha value is 0.0558. The molecule has 66 valence electrons. The van der Waals surface area contributed by atoms with Crippen molar-refractivity contribution in [2.24, 2.45) is 5.73 Å². The van der Waals surface area contributed by atoms with Crippen LogP contribution >= 0.6 is 0 Å². The number of carboxylic acid groups (broad SMARTS) is 2. The molecule has 0 bridgehead atoms. The SMILES string of the molecule is NC(CCC(=O)O)C(=O)O.[AlH3].[Zn]. The molecule has 0 aliphatic carbocycles. The molecule has 0 aromatic carbocycles. The predicted octanol–water partition coefficient (Wildman–Crippen LogP) is -1.92. The Morgan fingerprint density at radius 3 is 2.00 bits per heavy atom. The topological polar surface area (TPSA) is 101 Å². The Morgan fingerprint density at radius 2 is 1.75 bits per heavy atom. The molecular weight excluding hydrogens is 230 g/mol. The molecule has 5 nitrogen and oxygen atoms in total. The second kappa shape index (κ2) is 9.15. The predicted molar refractivity (Wildman–Crippen MR) is 42.4 cm³/mol. The van der Waals surface area contributed by atoms with Crippen LogP contribution in [-0.4, -0.2) is 45.6 Å². The molecule has 0 aliphatic heterocycles. The molecule has 0 saturated heterocycles. The van der Waals surface area contributed by atoms with E-state index in [4.69, 9.17) is 15.9 Å². The van der Waals surface area contributed by atoms with Gasteiger partial charge in [-0.2, -0.15) is 0 Å². The first kappa shape index (κ1) is 18.0. The molecule has 0 rings (SSSR count). The fraction of sp³-hybridized carbons (Fsp3) is 0.600. The monoisotopic (exact) mass is 241 g/mol. The van der Waals surface area contributed by atoms with Crippen molar-refractivity contribution < 1.29 is 39.3 Å². The van der Waals surface area contributed by atoms with Crippen molar-refractivity contribution in [1.29, 1.82) is 0 Å². The van der Waals surface area contributed by atoms with Crippen molar-refractivity contribution >= 4 is 29.3 Å². The number of hydrogen-bond donors (Lipinski definition) is 3. The third-order valence-corrected chi connectivity index (χ3v) is 0.986. The van der Waals surface area contributed by atoms with E-state index in [1.165, 1.54) is 0 Å². The van der Waals surface area contributed by atoms with Crippen molar-refractivity contribution in [3.63, 3.8) is 0 Å². The molecule has 0 radical (unpaired) electrons. The Morgan fingerprint density at radius 1 is 1.33 bits per heavy atom. The minimum atomic E-state index is -1.17. The van der Waals surface area contributed by atoms with Crippen LogP contribution in [0, 0.1) is 0 Å². The zero-order chi connectivity index (χ0) is 8.15. The van der Waals surface area contributed by atoms with Gasteiger partial charge in [0, 0.05) is 25.9 Å². The maximum absolute atomic E-state index is 9.99. The van der Waals surface area contributed by atoms with Crippen molar-refractivity contribution in [2.45, 2.75) is 18.9 Å². The maximum Gasteiger partial charge on any atom is 0.320 e. The van der Waals surface area contributed by atoms with Crippen LogP contribution in [0.15, 0.2) is 0 Å². The normalized spacial score (nSPS) is 10.4. The third kappa shape index (κ3) is 10.1. The van der Waals surface area contributed by atoms with Gasteiger partial charge in [0.2, 0.25) is 0 Å². The van der Waals surface area contributed by atoms with E-state index in [-0.39, 0.29) is 49.7 Å². The molecule has 0 fully saturated rings. The fourth-order valence-corrected chi connectivity index (χ4v) is 0.402. The first-order valence-corrected chi connectivity index (χ1v) is 2.74. The van der Waals surface area contributed by atoms with Crippen LogP contribution in [0.25, 0.3) is 0 Å². The van der Waals surface area contributed by atoms with Gasteiger partial charge in [-0.15, -0.1) is 0 Å². The number of carboxylic acids is 2. The van der Waals surface area contributed by atoms with Crippen LogP contribution in [0.4, 0.5) is 0 Å². The molecule has 0 aromatic rings. The van der Waals surface area contributed by atoms with Crippen molar-refractivity contribution in [3.05, 3.63) is 0 Å². The number of aliphatic carboxylic acids is 2. The molecule has 0 aromatic heterocycles. The molecule has 0 heterocycles. The first-order valence-electron chi connectivity index (χ1n) is 2.74. The summed E-state index contributed by atoms with van der Waals surface area (Å²) in [6.45, 7) is 0. The summed E-state index contributed by atoms with van der Waals surface area (Å²) >= 11 is 0. The minimum absolute atomic E-state index is 0. The number of rotatable bonds is 4. The van der Waals surface area contributed by atoms with Gasteiger partial charge in [0.1, 0.15) is 6.04 Å². The van der Waals surface area contributed by atoms with Crippen LogP contribution in [0.2, 0.25) is 0 Å². The zero-order valence-electron chi connectivity index (χ0n) is 5.99. The van der Waals surface area contributed by atoms with E-state index in [0.717, 1.165) is 0 Å². The van der Waals surface area contributed by atoms with Gasteiger partial charge >= 0.3 is 11.9 Å². The molecule has 0 saturated carbocycles. The Balaban J connectivity index is -0.000000405. The summed E-state index contributed by atoms with van der Waals surface area (Å²) in [6, 6.07) is -1.06. The van der Waals surface area contributed by atoms with Gasteiger partial charge in [0.15, 0.2) is 17.4 Å². The molecule has 0 spiro atoms. The van der Waals surface area contributed by atoms with E-state index in [1.54, 1.807) is 0 Å². The van der Waals surface area contributed by atoms with Gasteiger partial charge in [0.05, 0.1) is 0 Å². The second-order valence-corrected chi connectivity index (χ2v) is 1.88. The van der Waals surface area contributed by atoms with E-state index in [9.17, 15) is 9.59 Å². The summed E-state index contributed by atoms with van der Waals surface area (Å²) < 4.78 is 0. The zero-order valence-corrected chi connectivity index (χ0v) is 8.95. The summed E-state index contributed by atoms with van der Waals surface area (Å²) in [4.78, 5) is 19.9. The standard InChI is InChI=1S/C5H9NO4.Al.Zn.3H/c6-3(5(9)10)1-2-4(7)8;;;;;/h3H,1-2,6H2,(H,7,8)(H,9,10);;;;;. The van der Waals surface area contributed by atoms with E-state index in [0.29, 0.717) is 0 Å². The molecule has 0 amide bonds. The Bertz CT molecular complexity index is 154. The third-order valence-electron chi connectivity index (χ3n) is 0.986. The number of hydrogen-bond acceptors (Lipinski definition) is 3. The van der Waals surface area contributed by atoms with E-state index >= 15 is 0 Å². The smallest absolute Gasteiger partial charge is 0.320 e. The molecule has 7 heteroatoms. The first-order chi connectivity index (χ1) is 4.54. The molecule has 4 N–H and O–H groups in total. The van der Waals surface area contributed by atoms with Gasteiger partial charge in [-0.1, -0.05) is 0 Å². The average Bonchev–Trinajstić information content (AvgIpc) is 1.82. The van der Waals surface area contributed by atoms with Crippen molar-refractivity contribution in [1.82, 2.24) is 0 Å². The maximum atomic E-state index is 9.99. The van der Waals surface area contributed by atoms with E-state index in [2.05, 4.69) is 0 Å². The van der Waals surface area contributed by atoms with Crippen LogP contribution in [0.5, 0.6) is 0 Å². The molecule has 0 aliphatic rings. The van der Waals surface area contributed by atoms with Crippen LogP contribution in [0.1, 0.15) is 12.8 Å². The van der Waals surface area contributed by atoms with Gasteiger partial charge in [-0.05, 0) is 6.42 Å². The summed E-state index contributed by atoms with van der Waals surface area (Å²) in [7, 11) is 0. The van der Waals surface area contributed by atoms with E-state index in [1.807, 2.05) is 0 Å². The van der Waals surface area contributed by atoms with Crippen LogP contribution in [0.3, 0.4) is 0 Å². The molecule has 1 unspecified atom stereocenters. The van der Waals surface area contributed by atoms with Crippen molar-refractivity contribution in [2.75, 3.05) is 0 Å². The molecule has 12 heavy (non-hydrogen) atoms. The molecular formula is C5H12AlNO4Zn.